The molecule has 1 aliphatic carbocycles. The van der Waals surface area contributed by atoms with E-state index >= 15 is 0 Å². The molecule has 4 aromatic carbocycles. The van der Waals surface area contributed by atoms with Crippen LogP contribution in [0.1, 0.15) is 43.2 Å². The van der Waals surface area contributed by atoms with E-state index in [4.69, 9.17) is 21.1 Å². The van der Waals surface area contributed by atoms with E-state index in [1.54, 1.807) is 60.7 Å². The summed E-state index contributed by atoms with van der Waals surface area (Å²) in [4.78, 5) is 30.5. The Kier molecular flexibility index (Phi) is 11.1. The topological polar surface area (TPSA) is 105 Å². The Balaban J connectivity index is 1.40. The number of amides is 2. The number of hydrogen-bond donors (Lipinski definition) is 1. The van der Waals surface area contributed by atoms with Crippen molar-refractivity contribution in [3.05, 3.63) is 119 Å². The summed E-state index contributed by atoms with van der Waals surface area (Å²) < 4.78 is 41.1. The molecule has 1 fully saturated rings. The Morgan fingerprint density at radius 2 is 1.45 bits per heavy atom. The van der Waals surface area contributed by atoms with Crippen LogP contribution in [-0.2, 0) is 32.6 Å². The summed E-state index contributed by atoms with van der Waals surface area (Å²) in [6, 6.07) is 28.5. The van der Waals surface area contributed by atoms with E-state index in [0.717, 1.165) is 47.5 Å². The first kappa shape index (κ1) is 34.3. The number of carbonyl (C=O) groups is 2. The summed E-state index contributed by atoms with van der Waals surface area (Å²) in [6.07, 6.45) is 5.19. The second-order valence-corrected chi connectivity index (χ2v) is 14.6. The van der Waals surface area contributed by atoms with Gasteiger partial charge >= 0.3 is 0 Å². The summed E-state index contributed by atoms with van der Waals surface area (Å²) in [5.74, 6) is 0.0697. The first-order valence-electron chi connectivity index (χ1n) is 16.6. The van der Waals surface area contributed by atoms with Gasteiger partial charge in [-0.15, -0.1) is 0 Å². The molecule has 49 heavy (non-hydrogen) atoms. The van der Waals surface area contributed by atoms with Crippen LogP contribution in [0.5, 0.6) is 11.5 Å². The van der Waals surface area contributed by atoms with Crippen molar-refractivity contribution in [2.24, 2.45) is 0 Å². The van der Waals surface area contributed by atoms with Crippen LogP contribution < -0.4 is 19.1 Å². The molecule has 6 rings (SSSR count). The van der Waals surface area contributed by atoms with E-state index in [0.29, 0.717) is 29.7 Å². The van der Waals surface area contributed by atoms with E-state index in [9.17, 15) is 18.0 Å². The highest BCUT2D eigenvalue weighted by molar-refractivity contribution is 7.92. The Morgan fingerprint density at radius 1 is 0.796 bits per heavy atom. The van der Waals surface area contributed by atoms with E-state index < -0.39 is 28.5 Å². The molecule has 1 saturated carbocycles. The van der Waals surface area contributed by atoms with Crippen molar-refractivity contribution in [1.82, 2.24) is 10.2 Å². The molecule has 1 atom stereocenters. The third-order valence-electron chi connectivity index (χ3n) is 8.91. The van der Waals surface area contributed by atoms with E-state index in [1.165, 1.54) is 17.0 Å². The summed E-state index contributed by atoms with van der Waals surface area (Å²) in [5, 5.41) is 3.77. The minimum atomic E-state index is -4.24. The van der Waals surface area contributed by atoms with Gasteiger partial charge in [0.25, 0.3) is 10.0 Å². The molecule has 1 heterocycles. The normalized spacial score (nSPS) is 15.2. The Bertz CT molecular complexity index is 1830. The van der Waals surface area contributed by atoms with Gasteiger partial charge < -0.3 is 19.7 Å². The lowest BCUT2D eigenvalue weighted by Crippen LogP contribution is -2.55. The number of sulfonamides is 1. The molecular weight excluding hydrogens is 662 g/mol. The summed E-state index contributed by atoms with van der Waals surface area (Å²) in [5.41, 5.74) is 1.86. The van der Waals surface area contributed by atoms with Crippen LogP contribution in [0, 0.1) is 0 Å². The zero-order chi connectivity index (χ0) is 34.2. The Hall–Kier alpha value is -4.54. The molecule has 0 unspecified atom stereocenters. The minimum absolute atomic E-state index is 0.0136. The van der Waals surface area contributed by atoms with Gasteiger partial charge in [0.15, 0.2) is 11.5 Å². The van der Waals surface area contributed by atoms with Crippen molar-refractivity contribution in [1.29, 1.82) is 0 Å². The number of nitrogens with zero attached hydrogens (tertiary/aromatic N) is 2. The lowest BCUT2D eigenvalue weighted by atomic mass is 9.94. The van der Waals surface area contributed by atoms with Crippen molar-refractivity contribution in [3.63, 3.8) is 0 Å². The third-order valence-corrected chi connectivity index (χ3v) is 11.0. The number of rotatable bonds is 12. The van der Waals surface area contributed by atoms with Crippen molar-refractivity contribution in [2.45, 2.75) is 62.0 Å². The summed E-state index contributed by atoms with van der Waals surface area (Å²) >= 11 is 6.20. The van der Waals surface area contributed by atoms with Crippen molar-refractivity contribution >= 4 is 39.1 Å². The molecule has 0 aromatic heterocycles. The average molecular weight is 702 g/mol. The second kappa shape index (κ2) is 15.8. The SMILES string of the molecule is O=C(NC1CCCCC1)[C@H](Cc1ccccc1)N(Cc1ccc(Cl)cc1)C(=O)CN(c1ccc2c(c1)OCCO2)S(=O)(=O)c1ccccc1. The molecule has 256 valence electrons. The minimum Gasteiger partial charge on any atom is -0.486 e. The molecule has 0 radical (unpaired) electrons. The molecule has 1 aliphatic heterocycles. The van der Waals surface area contributed by atoms with Gasteiger partial charge in [0.2, 0.25) is 11.8 Å². The Labute approximate surface area is 292 Å². The zero-order valence-corrected chi connectivity index (χ0v) is 28.7. The molecule has 2 aliphatic rings. The average Bonchev–Trinajstić information content (AvgIpc) is 3.13. The van der Waals surface area contributed by atoms with Crippen LogP contribution in [0.3, 0.4) is 0 Å². The number of fused-ring (bicyclic) bond motifs is 1. The highest BCUT2D eigenvalue weighted by Crippen LogP contribution is 2.36. The number of carbonyl (C=O) groups excluding carboxylic acids is 2. The number of ether oxygens (including phenoxy) is 2. The standard InChI is InChI=1S/C38H40ClN3O6S/c39-30-18-16-29(17-19-30)26-41(34(24-28-10-4-1-5-11-28)38(44)40-31-12-6-2-7-13-31)37(43)27-42(49(45,46)33-14-8-3-9-15-33)32-20-21-35-36(25-32)48-23-22-47-35/h1,3-5,8-11,14-21,25,31,34H,2,6-7,12-13,22-24,26-27H2,(H,40,44)/t34-/m0/s1. The lowest BCUT2D eigenvalue weighted by molar-refractivity contribution is -0.140. The highest BCUT2D eigenvalue weighted by Gasteiger charge is 2.36. The van der Waals surface area contributed by atoms with E-state index in [1.807, 2.05) is 30.3 Å². The number of benzene rings is 4. The molecule has 0 spiro atoms. The van der Waals surface area contributed by atoms with E-state index in [-0.39, 0.29) is 35.5 Å². The fourth-order valence-electron chi connectivity index (χ4n) is 6.32. The lowest BCUT2D eigenvalue weighted by Gasteiger charge is -2.35. The molecule has 11 heteroatoms. The number of nitrogens with one attached hydrogen (secondary N) is 1. The predicted octanol–water partition coefficient (Wildman–Crippen LogP) is 6.40. The van der Waals surface area contributed by atoms with E-state index in [2.05, 4.69) is 5.32 Å². The molecule has 1 N–H and O–H groups in total. The first-order valence-corrected chi connectivity index (χ1v) is 18.5. The van der Waals surface area contributed by atoms with Gasteiger partial charge in [-0.2, -0.15) is 0 Å². The van der Waals surface area contributed by atoms with Gasteiger partial charge in [-0.05, 0) is 60.4 Å². The quantitative estimate of drug-likeness (QED) is 0.184. The van der Waals surface area contributed by atoms with Gasteiger partial charge in [-0.1, -0.05) is 91.5 Å². The number of halogens is 1. The van der Waals surface area contributed by atoms with Gasteiger partial charge in [-0.25, -0.2) is 8.42 Å². The van der Waals surface area contributed by atoms with Crippen LogP contribution in [0.4, 0.5) is 5.69 Å². The smallest absolute Gasteiger partial charge is 0.264 e. The molecular formula is C38H40ClN3O6S. The van der Waals surface area contributed by atoms with Crippen molar-refractivity contribution in [3.8, 4) is 11.5 Å². The third kappa shape index (κ3) is 8.55. The largest absolute Gasteiger partial charge is 0.486 e. The Morgan fingerprint density at radius 3 is 2.14 bits per heavy atom. The molecule has 4 aromatic rings. The number of hydrogen-bond acceptors (Lipinski definition) is 6. The maximum Gasteiger partial charge on any atom is 0.264 e. The maximum absolute atomic E-state index is 14.8. The van der Waals surface area contributed by atoms with Crippen LogP contribution in [0.25, 0.3) is 0 Å². The van der Waals surface area contributed by atoms with Gasteiger partial charge in [0.05, 0.1) is 10.6 Å². The molecule has 0 bridgehead atoms. The second-order valence-electron chi connectivity index (χ2n) is 12.3. The van der Waals surface area contributed by atoms with Gasteiger partial charge in [0, 0.05) is 30.1 Å². The van der Waals surface area contributed by atoms with Gasteiger partial charge in [0.1, 0.15) is 25.8 Å². The van der Waals surface area contributed by atoms with Crippen LogP contribution in [-0.4, -0.2) is 57.0 Å². The predicted molar refractivity (Wildman–Crippen MR) is 189 cm³/mol. The highest BCUT2D eigenvalue weighted by atomic mass is 35.5. The van der Waals surface area contributed by atoms with Crippen LogP contribution in [0.2, 0.25) is 5.02 Å². The maximum atomic E-state index is 14.8. The molecule has 2 amide bonds. The van der Waals surface area contributed by atoms with Crippen molar-refractivity contribution in [2.75, 3.05) is 24.1 Å². The fourth-order valence-corrected chi connectivity index (χ4v) is 7.87. The van der Waals surface area contributed by atoms with Crippen LogP contribution in [0.15, 0.2) is 108 Å². The number of anilines is 1. The van der Waals surface area contributed by atoms with Crippen molar-refractivity contribution < 1.29 is 27.5 Å². The summed E-state index contributed by atoms with van der Waals surface area (Å²) in [7, 11) is -4.24. The zero-order valence-electron chi connectivity index (χ0n) is 27.2. The molecule has 9 nitrogen and oxygen atoms in total. The van der Waals surface area contributed by atoms with Gasteiger partial charge in [-0.3, -0.25) is 13.9 Å². The van der Waals surface area contributed by atoms with Crippen LogP contribution >= 0.6 is 11.6 Å². The first-order chi connectivity index (χ1) is 23.8. The molecule has 0 saturated heterocycles. The monoisotopic (exact) mass is 701 g/mol. The summed E-state index contributed by atoms with van der Waals surface area (Å²) in [6.45, 7) is 0.188. The fraction of sp³-hybridized carbons (Fsp3) is 0.316.